The summed E-state index contributed by atoms with van der Waals surface area (Å²) in [6.07, 6.45) is -1.25. The molecule has 0 bridgehead atoms. The lowest BCUT2D eigenvalue weighted by atomic mass is 10.1. The van der Waals surface area contributed by atoms with E-state index >= 15 is 0 Å². The summed E-state index contributed by atoms with van der Waals surface area (Å²) < 4.78 is 15.9. The molecule has 12 nitrogen and oxygen atoms in total. The van der Waals surface area contributed by atoms with Crippen LogP contribution in [-0.4, -0.2) is 59.4 Å². The number of nitrogens with zero attached hydrogens (tertiary/aromatic N) is 2. The average Bonchev–Trinajstić information content (AvgIpc) is 3.03. The van der Waals surface area contributed by atoms with E-state index in [9.17, 15) is 29.3 Å². The molecule has 3 amide bonds. The van der Waals surface area contributed by atoms with Gasteiger partial charge in [-0.3, -0.25) is 34.2 Å². The monoisotopic (exact) mass is 455 g/mol. The van der Waals surface area contributed by atoms with Gasteiger partial charge in [0, 0.05) is 17.8 Å². The van der Waals surface area contributed by atoms with Gasteiger partial charge in [0.15, 0.2) is 17.6 Å². The van der Waals surface area contributed by atoms with Crippen LogP contribution in [-0.2, 0) is 14.3 Å². The molecular formula is C21H17N3O9. The molecule has 0 aliphatic carbocycles. The van der Waals surface area contributed by atoms with Gasteiger partial charge in [0.1, 0.15) is 25.3 Å². The van der Waals surface area contributed by atoms with E-state index in [4.69, 9.17) is 14.2 Å². The van der Waals surface area contributed by atoms with Crippen molar-refractivity contribution in [1.82, 2.24) is 4.90 Å². The van der Waals surface area contributed by atoms with Crippen molar-refractivity contribution < 1.29 is 38.3 Å². The summed E-state index contributed by atoms with van der Waals surface area (Å²) >= 11 is 0. The Kier molecular flexibility index (Phi) is 5.65. The Bertz CT molecular complexity index is 1190. The number of rotatable bonds is 6. The quantitative estimate of drug-likeness (QED) is 0.295. The molecule has 0 saturated heterocycles. The summed E-state index contributed by atoms with van der Waals surface area (Å²) in [6.45, 7) is 1.31. The van der Waals surface area contributed by atoms with E-state index in [2.05, 4.69) is 5.32 Å². The van der Waals surface area contributed by atoms with Crippen LogP contribution in [0.4, 0.5) is 11.4 Å². The Morgan fingerprint density at radius 1 is 1.15 bits per heavy atom. The number of ether oxygens (including phenoxy) is 3. The van der Waals surface area contributed by atoms with Gasteiger partial charge >= 0.3 is 5.97 Å². The molecule has 0 fully saturated rings. The third kappa shape index (κ3) is 4.18. The highest BCUT2D eigenvalue weighted by molar-refractivity contribution is 6.24. The summed E-state index contributed by atoms with van der Waals surface area (Å²) in [5, 5.41) is 13.7. The number of nitro groups is 1. The van der Waals surface area contributed by atoms with E-state index < -0.39 is 47.0 Å². The minimum Gasteiger partial charge on any atom is -0.486 e. The molecule has 1 N–H and O–H groups in total. The standard InChI is InChI=1S/C21H17N3O9/c1-11(19(26)22-12-5-6-15-16(9-12)32-8-7-31-15)33-17(25)10-23-20(27)13-3-2-4-14(24(29)30)18(13)21(23)28/h2-6,9,11H,7-8,10H2,1H3,(H,22,26). The topological polar surface area (TPSA) is 154 Å². The minimum absolute atomic E-state index is 0.175. The zero-order chi connectivity index (χ0) is 23.7. The van der Waals surface area contributed by atoms with Gasteiger partial charge in [-0.1, -0.05) is 6.07 Å². The Hall–Kier alpha value is -4.48. The lowest BCUT2D eigenvalue weighted by Crippen LogP contribution is -2.38. The van der Waals surface area contributed by atoms with Crippen LogP contribution in [0.25, 0.3) is 0 Å². The van der Waals surface area contributed by atoms with Crippen LogP contribution >= 0.6 is 0 Å². The van der Waals surface area contributed by atoms with Crippen molar-refractivity contribution in [1.29, 1.82) is 0 Å². The first-order valence-corrected chi connectivity index (χ1v) is 9.80. The van der Waals surface area contributed by atoms with Gasteiger partial charge in [-0.2, -0.15) is 0 Å². The summed E-state index contributed by atoms with van der Waals surface area (Å²) in [5.74, 6) is -2.52. The summed E-state index contributed by atoms with van der Waals surface area (Å²) in [5.41, 5.74) is -0.704. The number of imide groups is 1. The molecule has 33 heavy (non-hydrogen) atoms. The number of esters is 1. The normalized spacial score (nSPS) is 15.0. The number of benzene rings is 2. The molecule has 2 aromatic carbocycles. The molecule has 0 radical (unpaired) electrons. The van der Waals surface area contributed by atoms with Crippen LogP contribution < -0.4 is 14.8 Å². The number of carbonyl (C=O) groups excluding carboxylic acids is 4. The minimum atomic E-state index is -1.25. The number of nitrogens with one attached hydrogen (secondary N) is 1. The van der Waals surface area contributed by atoms with Crippen LogP contribution in [0.5, 0.6) is 11.5 Å². The lowest BCUT2D eigenvalue weighted by Gasteiger charge is -2.20. The number of fused-ring (bicyclic) bond motifs is 2. The molecule has 1 atom stereocenters. The average molecular weight is 455 g/mol. The summed E-state index contributed by atoms with van der Waals surface area (Å²) in [6, 6.07) is 8.40. The fourth-order valence-electron chi connectivity index (χ4n) is 3.39. The fraction of sp³-hybridized carbons (Fsp3) is 0.238. The highest BCUT2D eigenvalue weighted by Gasteiger charge is 2.42. The maximum absolute atomic E-state index is 12.5. The van der Waals surface area contributed by atoms with Crippen molar-refractivity contribution >= 4 is 35.1 Å². The van der Waals surface area contributed by atoms with Gasteiger partial charge in [-0.05, 0) is 25.1 Å². The molecule has 0 aromatic heterocycles. The lowest BCUT2D eigenvalue weighted by molar-refractivity contribution is -0.385. The number of nitro benzene ring substituents is 1. The highest BCUT2D eigenvalue weighted by atomic mass is 16.6. The van der Waals surface area contributed by atoms with E-state index in [1.807, 2.05) is 0 Å². The van der Waals surface area contributed by atoms with Crippen LogP contribution in [0, 0.1) is 10.1 Å². The second kappa shape index (κ2) is 8.57. The molecule has 2 aromatic rings. The molecule has 0 saturated carbocycles. The molecule has 0 spiro atoms. The molecule has 2 heterocycles. The Morgan fingerprint density at radius 3 is 2.61 bits per heavy atom. The Balaban J connectivity index is 1.38. The molecule has 170 valence electrons. The van der Waals surface area contributed by atoms with E-state index in [0.717, 1.165) is 6.07 Å². The first kappa shape index (κ1) is 21.7. The van der Waals surface area contributed by atoms with Crippen molar-refractivity contribution in [3.63, 3.8) is 0 Å². The predicted octanol–water partition coefficient (Wildman–Crippen LogP) is 1.53. The van der Waals surface area contributed by atoms with Gasteiger partial charge in [0.2, 0.25) is 0 Å². The van der Waals surface area contributed by atoms with Crippen LogP contribution in [0.15, 0.2) is 36.4 Å². The smallest absolute Gasteiger partial charge is 0.326 e. The molecule has 2 aliphatic rings. The van der Waals surface area contributed by atoms with Crippen molar-refractivity contribution in [3.05, 3.63) is 57.6 Å². The SMILES string of the molecule is CC(OC(=O)CN1C(=O)c2cccc([N+](=O)[O-])c2C1=O)C(=O)Nc1ccc2c(c1)OCCO2. The first-order chi connectivity index (χ1) is 15.8. The van der Waals surface area contributed by atoms with E-state index in [-0.39, 0.29) is 11.1 Å². The molecular weight excluding hydrogens is 438 g/mol. The van der Waals surface area contributed by atoms with E-state index in [1.165, 1.54) is 19.1 Å². The van der Waals surface area contributed by atoms with Crippen molar-refractivity contribution in [3.8, 4) is 11.5 Å². The second-order valence-corrected chi connectivity index (χ2v) is 7.13. The van der Waals surface area contributed by atoms with Crippen molar-refractivity contribution in [2.45, 2.75) is 13.0 Å². The number of carbonyl (C=O) groups is 4. The van der Waals surface area contributed by atoms with Gasteiger partial charge in [0.05, 0.1) is 10.5 Å². The largest absolute Gasteiger partial charge is 0.486 e. The van der Waals surface area contributed by atoms with Gasteiger partial charge in [-0.25, -0.2) is 0 Å². The van der Waals surface area contributed by atoms with Crippen LogP contribution in [0.3, 0.4) is 0 Å². The predicted molar refractivity (Wildman–Crippen MR) is 110 cm³/mol. The van der Waals surface area contributed by atoms with Gasteiger partial charge in [-0.15, -0.1) is 0 Å². The van der Waals surface area contributed by atoms with Gasteiger partial charge < -0.3 is 19.5 Å². The van der Waals surface area contributed by atoms with Crippen LogP contribution in [0.2, 0.25) is 0 Å². The number of amides is 3. The fourth-order valence-corrected chi connectivity index (χ4v) is 3.39. The first-order valence-electron chi connectivity index (χ1n) is 9.80. The number of anilines is 1. The summed E-state index contributed by atoms with van der Waals surface area (Å²) in [4.78, 5) is 60.6. The maximum Gasteiger partial charge on any atom is 0.326 e. The summed E-state index contributed by atoms with van der Waals surface area (Å²) in [7, 11) is 0. The maximum atomic E-state index is 12.5. The molecule has 2 aliphatic heterocycles. The second-order valence-electron chi connectivity index (χ2n) is 7.13. The van der Waals surface area contributed by atoms with Gasteiger partial charge in [0.25, 0.3) is 23.4 Å². The third-order valence-corrected chi connectivity index (χ3v) is 4.95. The zero-order valence-corrected chi connectivity index (χ0v) is 17.2. The Labute approximate surface area is 186 Å². The highest BCUT2D eigenvalue weighted by Crippen LogP contribution is 2.33. The third-order valence-electron chi connectivity index (χ3n) is 4.95. The van der Waals surface area contributed by atoms with E-state index in [1.54, 1.807) is 18.2 Å². The van der Waals surface area contributed by atoms with E-state index in [0.29, 0.717) is 35.3 Å². The zero-order valence-electron chi connectivity index (χ0n) is 17.2. The van der Waals surface area contributed by atoms with Crippen LogP contribution in [0.1, 0.15) is 27.6 Å². The van der Waals surface area contributed by atoms with Crippen molar-refractivity contribution in [2.24, 2.45) is 0 Å². The molecule has 1 unspecified atom stereocenters. The number of hydrogen-bond donors (Lipinski definition) is 1. The molecule has 4 rings (SSSR count). The Morgan fingerprint density at radius 2 is 1.88 bits per heavy atom. The number of hydrogen-bond acceptors (Lipinski definition) is 9. The molecule has 12 heteroatoms. The van der Waals surface area contributed by atoms with Crippen molar-refractivity contribution in [2.75, 3.05) is 25.1 Å².